The Morgan fingerprint density at radius 2 is 1.65 bits per heavy atom. The van der Waals surface area contributed by atoms with Crippen molar-refractivity contribution in [2.24, 2.45) is 0 Å². The Hall–Kier alpha value is -2.42. The van der Waals surface area contributed by atoms with Gasteiger partial charge >= 0.3 is 5.63 Å². The quantitative estimate of drug-likeness (QED) is 0.726. The van der Waals surface area contributed by atoms with E-state index in [4.69, 9.17) is 4.42 Å². The van der Waals surface area contributed by atoms with Gasteiger partial charge in [0.1, 0.15) is 11.2 Å². The van der Waals surface area contributed by atoms with Gasteiger partial charge in [-0.2, -0.15) is 0 Å². The molecule has 0 bridgehead atoms. The lowest BCUT2D eigenvalue weighted by atomic mass is 10.1. The predicted octanol–water partition coefficient (Wildman–Crippen LogP) is 3.36. The van der Waals surface area contributed by atoms with Crippen LogP contribution in [0.3, 0.4) is 0 Å². The molecule has 2 aromatic carbocycles. The Labute approximate surface area is 116 Å². The third kappa shape index (κ3) is 2.77. The van der Waals surface area contributed by atoms with Gasteiger partial charge in [0.2, 0.25) is 0 Å². The second-order valence-electron chi connectivity index (χ2n) is 4.75. The summed E-state index contributed by atoms with van der Waals surface area (Å²) in [5, 5.41) is 0. The van der Waals surface area contributed by atoms with Crippen molar-refractivity contribution in [1.29, 1.82) is 0 Å². The van der Waals surface area contributed by atoms with Crippen molar-refractivity contribution in [1.82, 2.24) is 4.98 Å². The first-order valence-electron chi connectivity index (χ1n) is 6.75. The highest BCUT2D eigenvalue weighted by Gasteiger charge is 2.06. The minimum Gasteiger partial charge on any atom is -0.420 e. The maximum atomic E-state index is 11.8. The van der Waals surface area contributed by atoms with Crippen LogP contribution >= 0.6 is 0 Å². The van der Waals surface area contributed by atoms with Crippen LogP contribution in [-0.2, 0) is 12.8 Å². The molecule has 3 rings (SSSR count). The van der Waals surface area contributed by atoms with E-state index in [0.29, 0.717) is 17.7 Å². The summed E-state index contributed by atoms with van der Waals surface area (Å²) in [6.45, 7) is 0. The molecular formula is C17H15NO2. The zero-order valence-corrected chi connectivity index (χ0v) is 11.1. The van der Waals surface area contributed by atoms with Gasteiger partial charge in [0.05, 0.1) is 0 Å². The SMILES string of the molecule is O=c1oc2ccccc2nc1CCCc1ccccc1. The summed E-state index contributed by atoms with van der Waals surface area (Å²) < 4.78 is 5.28. The van der Waals surface area contributed by atoms with Crippen LogP contribution in [0.5, 0.6) is 0 Å². The first kappa shape index (κ1) is 12.6. The van der Waals surface area contributed by atoms with E-state index in [0.717, 1.165) is 18.4 Å². The third-order valence-electron chi connectivity index (χ3n) is 3.28. The van der Waals surface area contributed by atoms with Crippen LogP contribution in [0.2, 0.25) is 0 Å². The number of para-hydroxylation sites is 2. The van der Waals surface area contributed by atoms with Crippen molar-refractivity contribution in [2.45, 2.75) is 19.3 Å². The summed E-state index contributed by atoms with van der Waals surface area (Å²) in [6, 6.07) is 17.6. The van der Waals surface area contributed by atoms with Crippen molar-refractivity contribution in [3.05, 3.63) is 76.3 Å². The van der Waals surface area contributed by atoms with Gasteiger partial charge in [-0.3, -0.25) is 0 Å². The average molecular weight is 265 g/mol. The summed E-state index contributed by atoms with van der Waals surface area (Å²) in [5.41, 5.74) is 2.75. The summed E-state index contributed by atoms with van der Waals surface area (Å²) in [6.07, 6.45) is 2.47. The highest BCUT2D eigenvalue weighted by atomic mass is 16.4. The van der Waals surface area contributed by atoms with Crippen LogP contribution in [-0.4, -0.2) is 4.98 Å². The van der Waals surface area contributed by atoms with Crippen molar-refractivity contribution < 1.29 is 4.42 Å². The van der Waals surface area contributed by atoms with Gasteiger partial charge in [-0.05, 0) is 37.0 Å². The van der Waals surface area contributed by atoms with Gasteiger partial charge in [-0.25, -0.2) is 9.78 Å². The minimum absolute atomic E-state index is 0.322. The minimum atomic E-state index is -0.322. The molecule has 0 unspecified atom stereocenters. The van der Waals surface area contributed by atoms with E-state index in [1.165, 1.54) is 5.56 Å². The van der Waals surface area contributed by atoms with Crippen LogP contribution in [0.1, 0.15) is 17.7 Å². The normalized spacial score (nSPS) is 10.8. The van der Waals surface area contributed by atoms with Crippen LogP contribution in [0.15, 0.2) is 63.8 Å². The fourth-order valence-corrected chi connectivity index (χ4v) is 2.25. The Morgan fingerprint density at radius 1 is 0.900 bits per heavy atom. The summed E-state index contributed by atoms with van der Waals surface area (Å²) >= 11 is 0. The molecule has 3 aromatic rings. The fraction of sp³-hybridized carbons (Fsp3) is 0.176. The molecule has 0 fully saturated rings. The average Bonchev–Trinajstić information content (AvgIpc) is 2.49. The van der Waals surface area contributed by atoms with E-state index in [1.807, 2.05) is 36.4 Å². The van der Waals surface area contributed by atoms with Crippen molar-refractivity contribution in [3.8, 4) is 0 Å². The smallest absolute Gasteiger partial charge is 0.358 e. The molecule has 1 heterocycles. The lowest BCUT2D eigenvalue weighted by Crippen LogP contribution is -2.10. The molecule has 0 aliphatic carbocycles. The van der Waals surface area contributed by atoms with Gasteiger partial charge in [0.25, 0.3) is 0 Å². The van der Waals surface area contributed by atoms with E-state index >= 15 is 0 Å². The molecule has 0 aliphatic rings. The second-order valence-corrected chi connectivity index (χ2v) is 4.75. The first-order valence-corrected chi connectivity index (χ1v) is 6.75. The number of aromatic nitrogens is 1. The number of aryl methyl sites for hydroxylation is 2. The van der Waals surface area contributed by atoms with Crippen molar-refractivity contribution in [2.75, 3.05) is 0 Å². The highest BCUT2D eigenvalue weighted by molar-refractivity contribution is 5.71. The standard InChI is InChI=1S/C17H15NO2/c19-17-15(11-6-9-13-7-2-1-3-8-13)18-14-10-4-5-12-16(14)20-17/h1-5,7-8,10,12H,6,9,11H2. The van der Waals surface area contributed by atoms with E-state index in [2.05, 4.69) is 17.1 Å². The Balaban J connectivity index is 1.74. The third-order valence-corrected chi connectivity index (χ3v) is 3.28. The Bertz CT molecular complexity index is 763. The second kappa shape index (κ2) is 5.70. The van der Waals surface area contributed by atoms with Crippen LogP contribution in [0.4, 0.5) is 0 Å². The zero-order valence-electron chi connectivity index (χ0n) is 11.1. The monoisotopic (exact) mass is 265 g/mol. The van der Waals surface area contributed by atoms with Crippen LogP contribution in [0.25, 0.3) is 11.1 Å². The topological polar surface area (TPSA) is 43.1 Å². The molecule has 100 valence electrons. The number of benzene rings is 2. The largest absolute Gasteiger partial charge is 0.420 e. The maximum Gasteiger partial charge on any atom is 0.358 e. The van der Waals surface area contributed by atoms with E-state index in [1.54, 1.807) is 6.07 Å². The number of fused-ring (bicyclic) bond motifs is 1. The zero-order chi connectivity index (χ0) is 13.8. The Morgan fingerprint density at radius 3 is 2.50 bits per heavy atom. The summed E-state index contributed by atoms with van der Waals surface area (Å²) in [4.78, 5) is 16.2. The molecular weight excluding hydrogens is 250 g/mol. The predicted molar refractivity (Wildman–Crippen MR) is 78.7 cm³/mol. The van der Waals surface area contributed by atoms with Crippen molar-refractivity contribution >= 4 is 11.1 Å². The van der Waals surface area contributed by atoms with Gasteiger partial charge in [-0.1, -0.05) is 42.5 Å². The lowest BCUT2D eigenvalue weighted by Gasteiger charge is -2.02. The van der Waals surface area contributed by atoms with Crippen molar-refractivity contribution in [3.63, 3.8) is 0 Å². The Kier molecular flexibility index (Phi) is 3.59. The molecule has 0 saturated carbocycles. The van der Waals surface area contributed by atoms with Gasteiger partial charge in [0, 0.05) is 0 Å². The molecule has 0 aliphatic heterocycles. The number of rotatable bonds is 4. The molecule has 3 nitrogen and oxygen atoms in total. The molecule has 0 radical (unpaired) electrons. The van der Waals surface area contributed by atoms with Crippen LogP contribution in [0, 0.1) is 0 Å². The number of hydrogen-bond donors (Lipinski definition) is 0. The molecule has 0 atom stereocenters. The molecule has 1 aromatic heterocycles. The van der Waals surface area contributed by atoms with E-state index in [9.17, 15) is 4.79 Å². The molecule has 0 N–H and O–H groups in total. The molecule has 20 heavy (non-hydrogen) atoms. The van der Waals surface area contributed by atoms with Gasteiger partial charge in [0.15, 0.2) is 5.58 Å². The molecule has 0 saturated heterocycles. The van der Waals surface area contributed by atoms with Gasteiger partial charge < -0.3 is 4.42 Å². The number of hydrogen-bond acceptors (Lipinski definition) is 3. The number of nitrogens with zero attached hydrogens (tertiary/aromatic N) is 1. The van der Waals surface area contributed by atoms with E-state index < -0.39 is 0 Å². The summed E-state index contributed by atoms with van der Waals surface area (Å²) in [7, 11) is 0. The first-order chi connectivity index (χ1) is 9.83. The maximum absolute atomic E-state index is 11.8. The fourth-order valence-electron chi connectivity index (χ4n) is 2.25. The van der Waals surface area contributed by atoms with E-state index in [-0.39, 0.29) is 5.63 Å². The van der Waals surface area contributed by atoms with Crippen LogP contribution < -0.4 is 5.63 Å². The lowest BCUT2D eigenvalue weighted by molar-refractivity contribution is 0.538. The molecule has 0 spiro atoms. The highest BCUT2D eigenvalue weighted by Crippen LogP contribution is 2.10. The molecule has 3 heteroatoms. The summed E-state index contributed by atoms with van der Waals surface area (Å²) in [5.74, 6) is 0. The van der Waals surface area contributed by atoms with Gasteiger partial charge in [-0.15, -0.1) is 0 Å². The molecule has 0 amide bonds.